The lowest BCUT2D eigenvalue weighted by atomic mass is 10.2. The van der Waals surface area contributed by atoms with E-state index in [2.05, 4.69) is 15.6 Å². The minimum Gasteiger partial charge on any atom is -0.355 e. The Morgan fingerprint density at radius 1 is 0.861 bits per heavy atom. The van der Waals surface area contributed by atoms with Gasteiger partial charge in [-0.05, 0) is 61.0 Å². The number of hydrogen-bond acceptors (Lipinski definition) is 4. The number of rotatable bonds is 4. The molecule has 1 saturated heterocycles. The van der Waals surface area contributed by atoms with E-state index in [1.54, 1.807) is 23.1 Å². The molecule has 1 aliphatic heterocycles. The monoisotopic (exact) mass is 501 g/mol. The summed E-state index contributed by atoms with van der Waals surface area (Å²) in [4.78, 5) is 33.0. The first-order chi connectivity index (χ1) is 17.2. The number of alkyl halides is 3. The molecule has 1 fully saturated rings. The molecule has 2 heterocycles. The van der Waals surface area contributed by atoms with Gasteiger partial charge in [0.15, 0.2) is 0 Å². The van der Waals surface area contributed by atoms with E-state index >= 15 is 0 Å². The molecule has 0 unspecified atom stereocenters. The third-order valence-corrected chi connectivity index (χ3v) is 5.65. The zero-order valence-corrected chi connectivity index (χ0v) is 19.1. The predicted octanol–water partition coefficient (Wildman–Crippen LogP) is 5.24. The molecule has 11 heteroatoms. The number of nitrogens with zero attached hydrogens (tertiary/aromatic N) is 3. The third kappa shape index (κ3) is 6.29. The van der Waals surface area contributed by atoms with E-state index in [1.807, 2.05) is 4.90 Å². The summed E-state index contributed by atoms with van der Waals surface area (Å²) in [7, 11) is 0. The van der Waals surface area contributed by atoms with E-state index in [0.717, 1.165) is 12.1 Å². The van der Waals surface area contributed by atoms with Crippen molar-refractivity contribution in [3.05, 3.63) is 83.8 Å². The first-order valence-corrected chi connectivity index (χ1v) is 11.2. The maximum Gasteiger partial charge on any atom is 0.416 e. The maximum atomic E-state index is 13.5. The average molecular weight is 501 g/mol. The van der Waals surface area contributed by atoms with Crippen LogP contribution in [0.1, 0.15) is 22.3 Å². The van der Waals surface area contributed by atoms with E-state index < -0.39 is 23.6 Å². The molecular formula is C25H23F4N5O2. The summed E-state index contributed by atoms with van der Waals surface area (Å²) < 4.78 is 51.5. The largest absolute Gasteiger partial charge is 0.416 e. The number of aromatic nitrogens is 1. The minimum absolute atomic E-state index is 0.215. The molecule has 1 aliphatic rings. The molecule has 0 aliphatic carbocycles. The molecule has 188 valence electrons. The van der Waals surface area contributed by atoms with Gasteiger partial charge in [-0.1, -0.05) is 6.07 Å². The Balaban J connectivity index is 1.31. The summed E-state index contributed by atoms with van der Waals surface area (Å²) >= 11 is 0. The number of carbonyl (C=O) groups excluding carboxylic acids is 2. The number of nitrogens with one attached hydrogen (secondary N) is 2. The lowest BCUT2D eigenvalue weighted by Crippen LogP contribution is -2.35. The normalized spacial score (nSPS) is 14.2. The van der Waals surface area contributed by atoms with Gasteiger partial charge < -0.3 is 20.4 Å². The van der Waals surface area contributed by atoms with Gasteiger partial charge >= 0.3 is 12.2 Å². The van der Waals surface area contributed by atoms with Crippen LogP contribution in [0.3, 0.4) is 0 Å². The number of carbonyl (C=O) groups is 2. The van der Waals surface area contributed by atoms with E-state index in [0.29, 0.717) is 49.7 Å². The SMILES string of the molecule is O=C(Nc1ccc(C(F)(F)F)cc1)Nc1ccc(N2CCCN(C(=O)c3cccc(F)c3)CC2)nc1. The van der Waals surface area contributed by atoms with Crippen LogP contribution in [0.5, 0.6) is 0 Å². The van der Waals surface area contributed by atoms with Crippen LogP contribution < -0.4 is 15.5 Å². The number of anilines is 3. The van der Waals surface area contributed by atoms with Gasteiger partial charge in [-0.2, -0.15) is 13.2 Å². The van der Waals surface area contributed by atoms with Crippen molar-refractivity contribution < 1.29 is 27.2 Å². The number of benzene rings is 2. The molecule has 3 aromatic rings. The van der Waals surface area contributed by atoms with Gasteiger partial charge in [0, 0.05) is 37.4 Å². The van der Waals surface area contributed by atoms with E-state index in [-0.39, 0.29) is 11.6 Å². The van der Waals surface area contributed by atoms with Crippen molar-refractivity contribution in [1.29, 1.82) is 0 Å². The fourth-order valence-electron chi connectivity index (χ4n) is 3.84. The smallest absolute Gasteiger partial charge is 0.355 e. The van der Waals surface area contributed by atoms with Crippen molar-refractivity contribution in [2.45, 2.75) is 12.6 Å². The second kappa shape index (κ2) is 10.6. The Bertz CT molecular complexity index is 1220. The van der Waals surface area contributed by atoms with Crippen molar-refractivity contribution in [1.82, 2.24) is 9.88 Å². The van der Waals surface area contributed by atoms with Gasteiger partial charge in [-0.3, -0.25) is 4.79 Å². The maximum absolute atomic E-state index is 13.5. The van der Waals surface area contributed by atoms with Crippen molar-refractivity contribution in [2.75, 3.05) is 41.7 Å². The number of pyridine rings is 1. The molecule has 4 rings (SSSR count). The summed E-state index contributed by atoms with van der Waals surface area (Å²) in [5.41, 5.74) is 0.127. The highest BCUT2D eigenvalue weighted by Crippen LogP contribution is 2.29. The second-order valence-corrected chi connectivity index (χ2v) is 8.20. The molecule has 0 spiro atoms. The zero-order valence-electron chi connectivity index (χ0n) is 19.1. The Morgan fingerprint density at radius 2 is 1.58 bits per heavy atom. The average Bonchev–Trinajstić information content (AvgIpc) is 3.10. The molecule has 0 radical (unpaired) electrons. The first-order valence-electron chi connectivity index (χ1n) is 11.2. The van der Waals surface area contributed by atoms with Crippen LogP contribution in [0.2, 0.25) is 0 Å². The summed E-state index contributed by atoms with van der Waals surface area (Å²) in [5.74, 6) is -0.00472. The van der Waals surface area contributed by atoms with Gasteiger partial charge in [-0.25, -0.2) is 14.2 Å². The van der Waals surface area contributed by atoms with Crippen LogP contribution in [-0.4, -0.2) is 48.0 Å². The molecule has 0 bridgehead atoms. The van der Waals surface area contributed by atoms with Crippen molar-refractivity contribution in [3.8, 4) is 0 Å². The molecular weight excluding hydrogens is 478 g/mol. The summed E-state index contributed by atoms with van der Waals surface area (Å²) in [6, 6.07) is 12.5. The molecule has 36 heavy (non-hydrogen) atoms. The van der Waals surface area contributed by atoms with Crippen molar-refractivity contribution in [2.24, 2.45) is 0 Å². The van der Waals surface area contributed by atoms with Crippen LogP contribution in [0.15, 0.2) is 66.9 Å². The molecule has 2 aromatic carbocycles. The highest BCUT2D eigenvalue weighted by atomic mass is 19.4. The van der Waals surface area contributed by atoms with E-state index in [1.165, 1.54) is 36.5 Å². The fraction of sp³-hybridized carbons (Fsp3) is 0.240. The van der Waals surface area contributed by atoms with Crippen LogP contribution in [-0.2, 0) is 6.18 Å². The molecule has 0 saturated carbocycles. The van der Waals surface area contributed by atoms with Gasteiger partial charge in [0.25, 0.3) is 5.91 Å². The van der Waals surface area contributed by atoms with Crippen LogP contribution >= 0.6 is 0 Å². The summed E-state index contributed by atoms with van der Waals surface area (Å²) in [5, 5.41) is 5.06. The third-order valence-electron chi connectivity index (χ3n) is 5.65. The highest BCUT2D eigenvalue weighted by Gasteiger charge is 2.30. The van der Waals surface area contributed by atoms with Crippen LogP contribution in [0.25, 0.3) is 0 Å². The second-order valence-electron chi connectivity index (χ2n) is 8.20. The fourth-order valence-corrected chi connectivity index (χ4v) is 3.84. The number of amides is 3. The number of hydrogen-bond donors (Lipinski definition) is 2. The first kappa shape index (κ1) is 25.0. The quantitative estimate of drug-likeness (QED) is 0.480. The van der Waals surface area contributed by atoms with Gasteiger partial charge in [-0.15, -0.1) is 0 Å². The molecule has 1 aromatic heterocycles. The summed E-state index contributed by atoms with van der Waals surface area (Å²) in [6.45, 7) is 2.19. The molecule has 7 nitrogen and oxygen atoms in total. The molecule has 0 atom stereocenters. The minimum atomic E-state index is -4.45. The molecule has 3 amide bonds. The standard InChI is InChI=1S/C25H23F4N5O2/c26-19-4-1-3-17(15-19)23(35)34-12-2-11-33(13-14-34)22-10-9-21(16-30-22)32-24(36)31-20-7-5-18(6-8-20)25(27,28)29/h1,3-10,15-16H,2,11-14H2,(H2,31,32,36). The lowest BCUT2D eigenvalue weighted by molar-refractivity contribution is -0.137. The Hall–Kier alpha value is -4.15. The van der Waals surface area contributed by atoms with Gasteiger partial charge in [0.2, 0.25) is 0 Å². The number of halogens is 4. The van der Waals surface area contributed by atoms with Gasteiger partial charge in [0.05, 0.1) is 17.4 Å². The Kier molecular flexibility index (Phi) is 7.37. The Morgan fingerprint density at radius 3 is 2.25 bits per heavy atom. The predicted molar refractivity (Wildman–Crippen MR) is 127 cm³/mol. The van der Waals surface area contributed by atoms with Crippen LogP contribution in [0, 0.1) is 5.82 Å². The van der Waals surface area contributed by atoms with Crippen LogP contribution in [0.4, 0.5) is 39.5 Å². The van der Waals surface area contributed by atoms with E-state index in [4.69, 9.17) is 0 Å². The lowest BCUT2D eigenvalue weighted by Gasteiger charge is -2.23. The molecule has 2 N–H and O–H groups in total. The number of urea groups is 1. The van der Waals surface area contributed by atoms with Crippen molar-refractivity contribution in [3.63, 3.8) is 0 Å². The van der Waals surface area contributed by atoms with E-state index in [9.17, 15) is 27.2 Å². The Labute approximate surface area is 204 Å². The topological polar surface area (TPSA) is 77.6 Å². The zero-order chi connectivity index (χ0) is 25.7. The highest BCUT2D eigenvalue weighted by molar-refractivity contribution is 5.99. The van der Waals surface area contributed by atoms with Gasteiger partial charge in [0.1, 0.15) is 11.6 Å². The van der Waals surface area contributed by atoms with Crippen molar-refractivity contribution >= 4 is 29.1 Å². The summed E-state index contributed by atoms with van der Waals surface area (Å²) in [6.07, 6.45) is -2.27.